The van der Waals surface area contributed by atoms with E-state index in [0.29, 0.717) is 0 Å². The van der Waals surface area contributed by atoms with Crippen molar-refractivity contribution >= 4 is 32.7 Å². The summed E-state index contributed by atoms with van der Waals surface area (Å²) in [6, 6.07) is 15.0. The molecule has 1 aliphatic rings. The van der Waals surface area contributed by atoms with Crippen LogP contribution in [-0.2, 0) is 10.0 Å². The zero-order chi connectivity index (χ0) is 19.0. The molecule has 1 N–H and O–H groups in total. The number of sulfonamides is 1. The maximum atomic E-state index is 13.0. The smallest absolute Gasteiger partial charge is 0.256 e. The van der Waals surface area contributed by atoms with Gasteiger partial charge in [0.05, 0.1) is 4.90 Å². The van der Waals surface area contributed by atoms with E-state index in [4.69, 9.17) is 11.8 Å². The number of rotatable bonds is 4. The molecule has 1 saturated carbocycles. The number of nitrogens with one attached hydrogen (secondary N) is 1. The molecule has 1 aliphatic carbocycles. The Bertz CT molecular complexity index is 1070. The maximum Gasteiger partial charge on any atom is 0.256 e. The average Bonchev–Trinajstić information content (AvgIpc) is 3.14. The molecule has 1 heterocycles. The molecule has 0 spiro atoms. The maximum absolute atomic E-state index is 13.0. The van der Waals surface area contributed by atoms with Crippen LogP contribution >= 0.6 is 11.8 Å². The summed E-state index contributed by atoms with van der Waals surface area (Å²) in [5.74, 6) is 0. The second-order valence-electron chi connectivity index (χ2n) is 7.29. The summed E-state index contributed by atoms with van der Waals surface area (Å²) in [7, 11) is -3.72. The van der Waals surface area contributed by atoms with Gasteiger partial charge in [-0.15, -0.1) is 3.82 Å². The molecule has 4 nitrogen and oxygen atoms in total. The minimum atomic E-state index is -3.72. The van der Waals surface area contributed by atoms with Crippen LogP contribution in [0.15, 0.2) is 53.4 Å². The van der Waals surface area contributed by atoms with E-state index in [9.17, 15) is 8.42 Å². The molecule has 4 rings (SSSR count). The highest BCUT2D eigenvalue weighted by Gasteiger charge is 2.31. The van der Waals surface area contributed by atoms with Crippen molar-refractivity contribution in [3.63, 3.8) is 0 Å². The van der Waals surface area contributed by atoms with Crippen LogP contribution < -0.4 is 0 Å². The highest BCUT2D eigenvalue weighted by molar-refractivity contribution is 7.90. The first-order valence-corrected chi connectivity index (χ1v) is 11.1. The quantitative estimate of drug-likeness (QED) is 0.575. The Balaban J connectivity index is 1.69. The molecular formula is C21H23ClN2O2S. The second-order valence-corrected chi connectivity index (χ2v) is 9.67. The molecule has 0 saturated heterocycles. The third kappa shape index (κ3) is 3.51. The molecule has 0 aliphatic heterocycles. The molecule has 1 aromatic heterocycles. The molecule has 0 atom stereocenters. The Hall–Kier alpha value is -1.82. The van der Waals surface area contributed by atoms with Gasteiger partial charge in [0.15, 0.2) is 0 Å². The van der Waals surface area contributed by atoms with Gasteiger partial charge in [-0.05, 0) is 66.9 Å². The lowest BCUT2D eigenvalue weighted by Crippen LogP contribution is -2.34. The summed E-state index contributed by atoms with van der Waals surface area (Å²) in [6.45, 7) is 2.07. The summed E-state index contributed by atoms with van der Waals surface area (Å²) in [5, 5.41) is 1.14. The molecule has 27 heavy (non-hydrogen) atoms. The summed E-state index contributed by atoms with van der Waals surface area (Å²) < 4.78 is 27.1. The summed E-state index contributed by atoms with van der Waals surface area (Å²) >= 11 is 6.31. The molecule has 0 amide bonds. The summed E-state index contributed by atoms with van der Waals surface area (Å²) in [4.78, 5) is 3.61. The number of aromatic amines is 1. The lowest BCUT2D eigenvalue weighted by atomic mass is 9.96. The number of halogens is 1. The molecule has 6 heteroatoms. The van der Waals surface area contributed by atoms with Crippen molar-refractivity contribution in [2.75, 3.05) is 0 Å². The third-order valence-corrected chi connectivity index (χ3v) is 7.84. The van der Waals surface area contributed by atoms with E-state index in [2.05, 4.69) is 24.0 Å². The molecule has 0 bridgehead atoms. The van der Waals surface area contributed by atoms with Crippen LogP contribution in [0.5, 0.6) is 0 Å². The van der Waals surface area contributed by atoms with E-state index in [1.165, 1.54) is 5.56 Å². The number of aromatic nitrogens is 1. The lowest BCUT2D eigenvalue weighted by molar-refractivity contribution is 0.339. The third-order valence-electron chi connectivity index (χ3n) is 5.42. The fourth-order valence-electron chi connectivity index (χ4n) is 3.87. The number of hydrogen-bond acceptors (Lipinski definition) is 2. The largest absolute Gasteiger partial charge is 0.355 e. The van der Waals surface area contributed by atoms with Crippen molar-refractivity contribution in [1.82, 2.24) is 8.81 Å². The Morgan fingerprint density at radius 3 is 2.52 bits per heavy atom. The molecule has 3 aromatic rings. The number of aryl methyl sites for hydroxylation is 1. The molecular weight excluding hydrogens is 380 g/mol. The Morgan fingerprint density at radius 2 is 1.78 bits per heavy atom. The lowest BCUT2D eigenvalue weighted by Gasteiger charge is -2.28. The topological polar surface area (TPSA) is 53.2 Å². The molecule has 2 aromatic carbocycles. The number of nitrogens with zero attached hydrogens (tertiary/aromatic N) is 1. The van der Waals surface area contributed by atoms with E-state index < -0.39 is 10.0 Å². The molecule has 142 valence electrons. The molecule has 0 unspecified atom stereocenters. The van der Waals surface area contributed by atoms with E-state index in [-0.39, 0.29) is 10.9 Å². The van der Waals surface area contributed by atoms with E-state index in [1.54, 1.807) is 18.2 Å². The predicted octanol–water partition coefficient (Wildman–Crippen LogP) is 5.62. The van der Waals surface area contributed by atoms with Gasteiger partial charge in [0.2, 0.25) is 0 Å². The van der Waals surface area contributed by atoms with E-state index in [1.807, 2.05) is 18.2 Å². The van der Waals surface area contributed by atoms with Gasteiger partial charge in [-0.1, -0.05) is 43.5 Å². The highest BCUT2D eigenvalue weighted by atomic mass is 35.5. The molecule has 1 fully saturated rings. The van der Waals surface area contributed by atoms with Crippen molar-refractivity contribution < 1.29 is 8.42 Å². The first-order valence-electron chi connectivity index (χ1n) is 9.36. The van der Waals surface area contributed by atoms with Gasteiger partial charge < -0.3 is 4.98 Å². The number of fused-ring (bicyclic) bond motifs is 1. The van der Waals surface area contributed by atoms with E-state index >= 15 is 0 Å². The van der Waals surface area contributed by atoms with Crippen molar-refractivity contribution in [3.05, 3.63) is 54.1 Å². The van der Waals surface area contributed by atoms with Crippen molar-refractivity contribution in [3.8, 4) is 11.3 Å². The van der Waals surface area contributed by atoms with Gasteiger partial charge >= 0.3 is 0 Å². The molecule has 0 radical (unpaired) electrons. The van der Waals surface area contributed by atoms with Gasteiger partial charge in [0.25, 0.3) is 10.0 Å². The van der Waals surface area contributed by atoms with Crippen molar-refractivity contribution in [1.29, 1.82) is 0 Å². The zero-order valence-corrected chi connectivity index (χ0v) is 16.9. The van der Waals surface area contributed by atoms with Crippen LogP contribution in [0, 0.1) is 6.92 Å². The monoisotopic (exact) mass is 402 g/mol. The van der Waals surface area contributed by atoms with Gasteiger partial charge in [0.1, 0.15) is 0 Å². The SMILES string of the molecule is Cc1cccc2[nH]c(-c3cccc(S(=O)(=O)N(Cl)C4CCCCC4)c3)cc12. The van der Waals surface area contributed by atoms with Gasteiger partial charge in [-0.2, -0.15) is 0 Å². The fourth-order valence-corrected chi connectivity index (χ4v) is 5.63. The van der Waals surface area contributed by atoms with Crippen LogP contribution in [0.25, 0.3) is 22.2 Å². The van der Waals surface area contributed by atoms with Gasteiger partial charge in [0, 0.05) is 22.6 Å². The first-order chi connectivity index (χ1) is 13.0. The van der Waals surface area contributed by atoms with E-state index in [0.717, 1.165) is 58.1 Å². The van der Waals surface area contributed by atoms with Gasteiger partial charge in [-0.3, -0.25) is 0 Å². The Labute approximate surface area is 165 Å². The second kappa shape index (κ2) is 7.30. The fraction of sp³-hybridized carbons (Fsp3) is 0.333. The zero-order valence-electron chi connectivity index (χ0n) is 15.3. The summed E-state index contributed by atoms with van der Waals surface area (Å²) in [6.07, 6.45) is 4.85. The van der Waals surface area contributed by atoms with Crippen LogP contribution in [0.3, 0.4) is 0 Å². The van der Waals surface area contributed by atoms with Crippen LogP contribution in [0.2, 0.25) is 0 Å². The Morgan fingerprint density at radius 1 is 1.04 bits per heavy atom. The standard InChI is InChI=1S/C21H23ClN2O2S/c1-15-7-5-12-20-19(15)14-21(23-20)16-8-6-11-18(13-16)27(25,26)24(22)17-9-3-2-4-10-17/h5-8,11-14,17,23H,2-4,9-10H2,1H3. The predicted molar refractivity (Wildman–Crippen MR) is 110 cm³/mol. The van der Waals surface area contributed by atoms with Crippen LogP contribution in [0.4, 0.5) is 0 Å². The normalized spacial score (nSPS) is 16.3. The van der Waals surface area contributed by atoms with Crippen LogP contribution in [0.1, 0.15) is 37.7 Å². The first kappa shape index (κ1) is 18.5. The highest BCUT2D eigenvalue weighted by Crippen LogP contribution is 2.32. The Kier molecular flexibility index (Phi) is 5.01. The number of H-pyrrole nitrogens is 1. The minimum Gasteiger partial charge on any atom is -0.355 e. The van der Waals surface area contributed by atoms with Crippen molar-refractivity contribution in [2.24, 2.45) is 0 Å². The summed E-state index contributed by atoms with van der Waals surface area (Å²) in [5.41, 5.74) is 3.96. The van der Waals surface area contributed by atoms with Crippen molar-refractivity contribution in [2.45, 2.75) is 50.0 Å². The minimum absolute atomic E-state index is 0.121. The van der Waals surface area contributed by atoms with Crippen LogP contribution in [-0.4, -0.2) is 23.3 Å². The number of hydrogen-bond donors (Lipinski definition) is 1. The number of benzene rings is 2. The van der Waals surface area contributed by atoms with Gasteiger partial charge in [-0.25, -0.2) is 8.42 Å². The average molecular weight is 403 g/mol.